The van der Waals surface area contributed by atoms with Crippen molar-refractivity contribution in [3.05, 3.63) is 29.8 Å². The third-order valence-corrected chi connectivity index (χ3v) is 4.38. The second-order valence-electron chi connectivity index (χ2n) is 6.16. The highest BCUT2D eigenvalue weighted by molar-refractivity contribution is 6.19. The van der Waals surface area contributed by atoms with Crippen LogP contribution in [0.15, 0.2) is 24.3 Å². The van der Waals surface area contributed by atoms with Gasteiger partial charge in [-0.05, 0) is 37.1 Å². The Morgan fingerprint density at radius 1 is 0.958 bits per heavy atom. The van der Waals surface area contributed by atoms with E-state index >= 15 is 0 Å². The second-order valence-corrected chi connectivity index (χ2v) is 6.65. The van der Waals surface area contributed by atoms with Gasteiger partial charge in [0, 0.05) is 0 Å². The Bertz CT molecular complexity index is 445. The van der Waals surface area contributed by atoms with Gasteiger partial charge < -0.3 is 9.47 Å². The number of hydrogen-bond donors (Lipinski definition) is 0. The average Bonchev–Trinajstić information content (AvgIpc) is 2.60. The van der Waals surface area contributed by atoms with E-state index in [1.54, 1.807) is 24.3 Å². The number of benzene rings is 1. The number of methoxy groups -OCH3 is 1. The average molecular weight is 355 g/mol. The molecule has 136 valence electrons. The first-order chi connectivity index (χ1) is 11.7. The number of carbonyl (C=O) groups excluding carboxylic acids is 1. The minimum Gasteiger partial charge on any atom is -0.475 e. The molecular weight excluding hydrogens is 324 g/mol. The first-order valence-electron chi connectivity index (χ1n) is 9.16. The Labute approximate surface area is 151 Å². The predicted octanol–water partition coefficient (Wildman–Crippen LogP) is 6.34. The fraction of sp³-hybridized carbons (Fsp3) is 0.650. The molecule has 0 radical (unpaired) electrons. The van der Waals surface area contributed by atoms with Crippen molar-refractivity contribution in [1.82, 2.24) is 0 Å². The van der Waals surface area contributed by atoms with Gasteiger partial charge in [-0.2, -0.15) is 0 Å². The lowest BCUT2D eigenvalue weighted by Crippen LogP contribution is -2.09. The van der Waals surface area contributed by atoms with Gasteiger partial charge in [-0.25, -0.2) is 4.79 Å². The number of hydrogen-bond acceptors (Lipinski definition) is 3. The van der Waals surface area contributed by atoms with Gasteiger partial charge in [0.2, 0.25) is 0 Å². The van der Waals surface area contributed by atoms with E-state index in [0.29, 0.717) is 11.3 Å². The zero-order chi connectivity index (χ0) is 17.6. The van der Waals surface area contributed by atoms with Crippen molar-refractivity contribution in [2.75, 3.05) is 7.11 Å². The maximum atomic E-state index is 11.4. The monoisotopic (exact) mass is 354 g/mol. The molecule has 0 N–H and O–H groups in total. The Kier molecular flexibility index (Phi) is 11.4. The quantitative estimate of drug-likeness (QED) is 0.235. The molecule has 0 spiro atoms. The number of ether oxygens (including phenoxy) is 2. The topological polar surface area (TPSA) is 35.5 Å². The van der Waals surface area contributed by atoms with Gasteiger partial charge >= 0.3 is 5.97 Å². The number of alkyl halides is 1. The number of unbranched alkanes of at least 4 members (excludes halogenated alkanes) is 8. The van der Waals surface area contributed by atoms with E-state index in [1.165, 1.54) is 58.5 Å². The van der Waals surface area contributed by atoms with Gasteiger partial charge in [0.05, 0.1) is 12.7 Å². The molecule has 1 unspecified atom stereocenters. The molecule has 24 heavy (non-hydrogen) atoms. The minimum atomic E-state index is -0.348. The van der Waals surface area contributed by atoms with E-state index < -0.39 is 0 Å². The Morgan fingerprint density at radius 2 is 1.50 bits per heavy atom. The fourth-order valence-corrected chi connectivity index (χ4v) is 2.87. The van der Waals surface area contributed by atoms with Crippen LogP contribution in [0.5, 0.6) is 5.75 Å². The van der Waals surface area contributed by atoms with Crippen molar-refractivity contribution < 1.29 is 14.3 Å². The summed E-state index contributed by atoms with van der Waals surface area (Å²) >= 11 is 6.23. The summed E-state index contributed by atoms with van der Waals surface area (Å²) in [5.74, 6) is 0.331. The highest BCUT2D eigenvalue weighted by Gasteiger charge is 2.08. The fourth-order valence-electron chi connectivity index (χ4n) is 2.61. The van der Waals surface area contributed by atoms with Gasteiger partial charge in [-0.3, -0.25) is 0 Å². The third-order valence-electron chi connectivity index (χ3n) is 4.07. The minimum absolute atomic E-state index is 0.321. The number of carbonyl (C=O) groups is 1. The summed E-state index contributed by atoms with van der Waals surface area (Å²) in [6.07, 6.45) is 12.5. The van der Waals surface area contributed by atoms with Crippen LogP contribution in [0.1, 0.15) is 81.5 Å². The van der Waals surface area contributed by atoms with E-state index in [0.717, 1.165) is 12.8 Å². The van der Waals surface area contributed by atoms with Crippen LogP contribution in [0.4, 0.5) is 0 Å². The maximum Gasteiger partial charge on any atom is 0.337 e. The lowest BCUT2D eigenvalue weighted by molar-refractivity contribution is 0.0600. The van der Waals surface area contributed by atoms with Crippen LogP contribution in [-0.2, 0) is 4.74 Å². The summed E-state index contributed by atoms with van der Waals surface area (Å²) in [6, 6.07) is 6.86. The Balaban J connectivity index is 2.09. The molecule has 0 saturated heterocycles. The number of halogens is 1. The Hall–Kier alpha value is -1.22. The van der Waals surface area contributed by atoms with Crippen LogP contribution in [0, 0.1) is 0 Å². The number of rotatable bonds is 13. The van der Waals surface area contributed by atoms with Crippen molar-refractivity contribution in [2.45, 2.75) is 76.7 Å². The zero-order valence-corrected chi connectivity index (χ0v) is 15.8. The van der Waals surface area contributed by atoms with Gasteiger partial charge in [0.1, 0.15) is 5.75 Å². The standard InChI is InChI=1S/C20H31ClO3/c1-3-4-5-6-7-8-9-10-11-12-19(21)24-18-15-13-17(14-16-18)20(22)23-2/h13-16,19H,3-12H2,1-2H3. The highest BCUT2D eigenvalue weighted by atomic mass is 35.5. The van der Waals surface area contributed by atoms with Crippen molar-refractivity contribution in [3.63, 3.8) is 0 Å². The van der Waals surface area contributed by atoms with Crippen LogP contribution in [-0.4, -0.2) is 18.6 Å². The number of esters is 1. The van der Waals surface area contributed by atoms with Gasteiger partial charge in [-0.1, -0.05) is 69.9 Å². The van der Waals surface area contributed by atoms with E-state index in [1.807, 2.05) is 0 Å². The van der Waals surface area contributed by atoms with E-state index in [9.17, 15) is 4.79 Å². The van der Waals surface area contributed by atoms with Gasteiger partial charge in [-0.15, -0.1) is 0 Å². The molecule has 0 aliphatic heterocycles. The van der Waals surface area contributed by atoms with Crippen LogP contribution in [0.3, 0.4) is 0 Å². The molecule has 1 rings (SSSR count). The van der Waals surface area contributed by atoms with Crippen LogP contribution < -0.4 is 4.74 Å². The summed E-state index contributed by atoms with van der Waals surface area (Å²) in [5, 5.41) is 0. The van der Waals surface area contributed by atoms with Crippen molar-refractivity contribution in [3.8, 4) is 5.75 Å². The van der Waals surface area contributed by atoms with E-state index in [2.05, 4.69) is 11.7 Å². The normalized spacial score (nSPS) is 12.0. The summed E-state index contributed by atoms with van der Waals surface area (Å²) in [7, 11) is 1.37. The second kappa shape index (κ2) is 13.1. The van der Waals surface area contributed by atoms with Crippen molar-refractivity contribution in [1.29, 1.82) is 0 Å². The van der Waals surface area contributed by atoms with Crippen LogP contribution >= 0.6 is 11.6 Å². The molecule has 1 aromatic carbocycles. The summed E-state index contributed by atoms with van der Waals surface area (Å²) in [6.45, 7) is 2.25. The van der Waals surface area contributed by atoms with Gasteiger partial charge in [0.15, 0.2) is 5.56 Å². The molecule has 0 heterocycles. The summed E-state index contributed by atoms with van der Waals surface area (Å²) in [5.41, 5.74) is 0.188. The van der Waals surface area contributed by atoms with Gasteiger partial charge in [0.25, 0.3) is 0 Å². The first kappa shape index (κ1) is 20.8. The molecule has 1 aromatic rings. The molecule has 4 heteroatoms. The van der Waals surface area contributed by atoms with E-state index in [-0.39, 0.29) is 11.5 Å². The van der Waals surface area contributed by atoms with E-state index in [4.69, 9.17) is 16.3 Å². The summed E-state index contributed by atoms with van der Waals surface area (Å²) < 4.78 is 10.3. The smallest absolute Gasteiger partial charge is 0.337 e. The molecule has 0 bridgehead atoms. The molecule has 0 saturated carbocycles. The lowest BCUT2D eigenvalue weighted by Gasteiger charge is -2.13. The van der Waals surface area contributed by atoms with Crippen molar-refractivity contribution in [2.24, 2.45) is 0 Å². The molecule has 0 fully saturated rings. The SMILES string of the molecule is CCCCCCCCCCCC(Cl)Oc1ccc(C(=O)OC)cc1. The van der Waals surface area contributed by atoms with Crippen LogP contribution in [0.2, 0.25) is 0 Å². The zero-order valence-electron chi connectivity index (χ0n) is 15.1. The molecule has 0 aliphatic carbocycles. The molecule has 0 aliphatic rings. The predicted molar refractivity (Wildman–Crippen MR) is 99.9 cm³/mol. The molecular formula is C20H31ClO3. The molecule has 0 amide bonds. The van der Waals surface area contributed by atoms with Crippen molar-refractivity contribution >= 4 is 17.6 Å². The Morgan fingerprint density at radius 3 is 2.04 bits per heavy atom. The molecule has 0 aromatic heterocycles. The largest absolute Gasteiger partial charge is 0.475 e. The maximum absolute atomic E-state index is 11.4. The molecule has 1 atom stereocenters. The molecule has 3 nitrogen and oxygen atoms in total. The summed E-state index contributed by atoms with van der Waals surface area (Å²) in [4.78, 5) is 11.4. The first-order valence-corrected chi connectivity index (χ1v) is 9.60. The highest BCUT2D eigenvalue weighted by Crippen LogP contribution is 2.19. The van der Waals surface area contributed by atoms with Crippen LogP contribution in [0.25, 0.3) is 0 Å². The lowest BCUT2D eigenvalue weighted by atomic mass is 10.1. The third kappa shape index (κ3) is 9.17.